The molecule has 1 atom stereocenters. The Morgan fingerprint density at radius 3 is 3.08 bits per heavy atom. The lowest BCUT2D eigenvalue weighted by Crippen LogP contribution is -2.43. The zero-order valence-electron chi connectivity index (χ0n) is 14.1. The minimum absolute atomic E-state index is 0.0142. The van der Waals surface area contributed by atoms with Crippen molar-refractivity contribution < 1.29 is 4.79 Å². The molecule has 0 saturated carbocycles. The van der Waals surface area contributed by atoms with Crippen molar-refractivity contribution in [1.82, 2.24) is 19.9 Å². The molecular weight excluding hydrogens is 322 g/mol. The highest BCUT2D eigenvalue weighted by Crippen LogP contribution is 2.26. The van der Waals surface area contributed by atoms with E-state index < -0.39 is 0 Å². The first kappa shape index (κ1) is 16.8. The highest BCUT2D eigenvalue weighted by Gasteiger charge is 2.24. The SMILES string of the molecule is CSc1cccc(NC(=O)N2CCC[C@@H](Cn3ccnn3)C2)c1C. The Morgan fingerprint density at radius 2 is 2.33 bits per heavy atom. The van der Waals surface area contributed by atoms with Crippen LogP contribution in [0, 0.1) is 12.8 Å². The van der Waals surface area contributed by atoms with E-state index in [1.807, 2.05) is 41.1 Å². The van der Waals surface area contributed by atoms with E-state index in [1.54, 1.807) is 18.0 Å². The van der Waals surface area contributed by atoms with Gasteiger partial charge in [-0.25, -0.2) is 4.79 Å². The number of carbonyl (C=O) groups is 1. The Morgan fingerprint density at radius 1 is 1.46 bits per heavy atom. The van der Waals surface area contributed by atoms with Gasteiger partial charge in [-0.3, -0.25) is 4.68 Å². The first-order valence-corrected chi connectivity index (χ1v) is 9.43. The van der Waals surface area contributed by atoms with Crippen molar-refractivity contribution >= 4 is 23.5 Å². The Bertz CT molecular complexity index is 688. The summed E-state index contributed by atoms with van der Waals surface area (Å²) in [4.78, 5) is 15.7. The van der Waals surface area contributed by atoms with Gasteiger partial charge >= 0.3 is 6.03 Å². The standard InChI is InChI=1S/C17H23N5OS/c1-13-15(6-3-7-16(13)24-2)19-17(23)21-9-4-5-14(11-21)12-22-10-8-18-20-22/h3,6-8,10,14H,4-5,9,11-12H2,1-2H3,(H,19,23)/t14-/m1/s1. The number of urea groups is 1. The fourth-order valence-electron chi connectivity index (χ4n) is 3.16. The lowest BCUT2D eigenvalue weighted by molar-refractivity contribution is 0.168. The fraction of sp³-hybridized carbons (Fsp3) is 0.471. The minimum Gasteiger partial charge on any atom is -0.324 e. The minimum atomic E-state index is -0.0142. The molecule has 1 aromatic carbocycles. The molecule has 3 rings (SSSR count). The number of aromatic nitrogens is 3. The van der Waals surface area contributed by atoms with E-state index in [2.05, 4.69) is 21.7 Å². The number of nitrogens with one attached hydrogen (secondary N) is 1. The lowest BCUT2D eigenvalue weighted by atomic mass is 9.98. The molecule has 128 valence electrons. The maximum absolute atomic E-state index is 12.6. The number of carbonyl (C=O) groups excluding carboxylic acids is 1. The second-order valence-electron chi connectivity index (χ2n) is 6.14. The molecule has 0 unspecified atom stereocenters. The molecule has 0 spiro atoms. The van der Waals surface area contributed by atoms with E-state index in [0.29, 0.717) is 5.92 Å². The largest absolute Gasteiger partial charge is 0.324 e. The molecule has 2 amide bonds. The van der Waals surface area contributed by atoms with Crippen molar-refractivity contribution in [2.24, 2.45) is 5.92 Å². The molecule has 0 radical (unpaired) electrons. The molecule has 7 heteroatoms. The van der Waals surface area contributed by atoms with Gasteiger partial charge in [0.25, 0.3) is 0 Å². The summed E-state index contributed by atoms with van der Waals surface area (Å²) in [5, 5.41) is 10.9. The number of likely N-dealkylation sites (tertiary alicyclic amines) is 1. The quantitative estimate of drug-likeness (QED) is 0.864. The number of nitrogens with zero attached hydrogens (tertiary/aromatic N) is 4. The van der Waals surface area contributed by atoms with E-state index in [1.165, 1.54) is 4.90 Å². The molecule has 1 saturated heterocycles. The van der Waals surface area contributed by atoms with Crippen LogP contribution in [0.5, 0.6) is 0 Å². The molecule has 1 aliphatic heterocycles. The van der Waals surface area contributed by atoms with Gasteiger partial charge in [0.15, 0.2) is 0 Å². The molecule has 2 aromatic rings. The molecule has 6 nitrogen and oxygen atoms in total. The molecule has 2 heterocycles. The molecule has 1 aliphatic rings. The van der Waals surface area contributed by atoms with Crippen LogP contribution in [-0.4, -0.2) is 45.3 Å². The lowest BCUT2D eigenvalue weighted by Gasteiger charge is -2.32. The summed E-state index contributed by atoms with van der Waals surface area (Å²) >= 11 is 1.69. The van der Waals surface area contributed by atoms with E-state index in [0.717, 1.165) is 43.7 Å². The number of hydrogen-bond acceptors (Lipinski definition) is 4. The van der Waals surface area contributed by atoms with Crippen LogP contribution < -0.4 is 5.32 Å². The van der Waals surface area contributed by atoms with Gasteiger partial charge in [0.05, 0.1) is 6.20 Å². The molecule has 24 heavy (non-hydrogen) atoms. The first-order chi connectivity index (χ1) is 11.7. The second-order valence-corrected chi connectivity index (χ2v) is 6.99. The van der Waals surface area contributed by atoms with Gasteiger partial charge in [-0.05, 0) is 49.6 Å². The molecule has 0 bridgehead atoms. The fourth-order valence-corrected chi connectivity index (χ4v) is 3.79. The Balaban J connectivity index is 1.62. The number of hydrogen-bond donors (Lipinski definition) is 1. The van der Waals surface area contributed by atoms with Crippen LogP contribution in [0.2, 0.25) is 0 Å². The number of amides is 2. The van der Waals surface area contributed by atoms with Crippen LogP contribution in [0.25, 0.3) is 0 Å². The van der Waals surface area contributed by atoms with Gasteiger partial charge in [-0.15, -0.1) is 16.9 Å². The van der Waals surface area contributed by atoms with Crippen LogP contribution in [0.15, 0.2) is 35.5 Å². The van der Waals surface area contributed by atoms with Gasteiger partial charge in [0.1, 0.15) is 0 Å². The summed E-state index contributed by atoms with van der Waals surface area (Å²) in [6.45, 7) is 4.42. The van der Waals surface area contributed by atoms with Gasteiger partial charge < -0.3 is 10.2 Å². The smallest absolute Gasteiger partial charge is 0.321 e. The number of benzene rings is 1. The third kappa shape index (κ3) is 3.90. The molecular formula is C17H23N5OS. The van der Waals surface area contributed by atoms with Crippen LogP contribution in [0.4, 0.5) is 10.5 Å². The number of piperidine rings is 1. The highest BCUT2D eigenvalue weighted by molar-refractivity contribution is 7.98. The van der Waals surface area contributed by atoms with E-state index in [-0.39, 0.29) is 6.03 Å². The van der Waals surface area contributed by atoms with Crippen molar-refractivity contribution in [1.29, 1.82) is 0 Å². The normalized spacial score (nSPS) is 17.8. The van der Waals surface area contributed by atoms with Crippen LogP contribution in [0.3, 0.4) is 0 Å². The first-order valence-electron chi connectivity index (χ1n) is 8.21. The van der Waals surface area contributed by atoms with Crippen molar-refractivity contribution in [2.75, 3.05) is 24.7 Å². The number of rotatable bonds is 4. The van der Waals surface area contributed by atoms with Crippen molar-refractivity contribution in [3.05, 3.63) is 36.2 Å². The predicted octanol–water partition coefficient (Wildman–Crippen LogP) is 3.25. The summed E-state index contributed by atoms with van der Waals surface area (Å²) in [6.07, 6.45) is 7.75. The van der Waals surface area contributed by atoms with Gasteiger partial charge in [-0.1, -0.05) is 11.3 Å². The summed E-state index contributed by atoms with van der Waals surface area (Å²) in [6, 6.07) is 6.01. The summed E-state index contributed by atoms with van der Waals surface area (Å²) in [7, 11) is 0. The maximum atomic E-state index is 12.6. The maximum Gasteiger partial charge on any atom is 0.321 e. The Labute approximate surface area is 146 Å². The average Bonchev–Trinajstić information content (AvgIpc) is 3.10. The molecule has 0 aliphatic carbocycles. The molecule has 1 fully saturated rings. The second kappa shape index (κ2) is 7.70. The monoisotopic (exact) mass is 345 g/mol. The third-order valence-electron chi connectivity index (χ3n) is 4.47. The van der Waals surface area contributed by atoms with Gasteiger partial charge in [0, 0.05) is 36.4 Å². The Hall–Kier alpha value is -2.02. The molecule has 1 aromatic heterocycles. The summed E-state index contributed by atoms with van der Waals surface area (Å²) < 4.78 is 1.85. The van der Waals surface area contributed by atoms with Crippen LogP contribution in [-0.2, 0) is 6.54 Å². The predicted molar refractivity (Wildman–Crippen MR) is 96.3 cm³/mol. The average molecular weight is 345 g/mol. The zero-order valence-corrected chi connectivity index (χ0v) is 14.9. The third-order valence-corrected chi connectivity index (χ3v) is 5.35. The zero-order chi connectivity index (χ0) is 16.9. The van der Waals surface area contributed by atoms with E-state index in [9.17, 15) is 4.79 Å². The highest BCUT2D eigenvalue weighted by atomic mass is 32.2. The van der Waals surface area contributed by atoms with Crippen molar-refractivity contribution in [3.8, 4) is 0 Å². The summed E-state index contributed by atoms with van der Waals surface area (Å²) in [5.41, 5.74) is 2.01. The summed E-state index contributed by atoms with van der Waals surface area (Å²) in [5.74, 6) is 0.421. The Kier molecular flexibility index (Phi) is 5.40. The van der Waals surface area contributed by atoms with Crippen LogP contribution >= 0.6 is 11.8 Å². The topological polar surface area (TPSA) is 63.1 Å². The number of anilines is 1. The van der Waals surface area contributed by atoms with Crippen LogP contribution in [0.1, 0.15) is 18.4 Å². The van der Waals surface area contributed by atoms with E-state index >= 15 is 0 Å². The van der Waals surface area contributed by atoms with Gasteiger partial charge in [-0.2, -0.15) is 0 Å². The molecule has 1 N–H and O–H groups in total. The van der Waals surface area contributed by atoms with Crippen molar-refractivity contribution in [3.63, 3.8) is 0 Å². The number of thioether (sulfide) groups is 1. The van der Waals surface area contributed by atoms with Crippen molar-refractivity contribution in [2.45, 2.75) is 31.2 Å². The van der Waals surface area contributed by atoms with Gasteiger partial charge in [0.2, 0.25) is 0 Å². The van der Waals surface area contributed by atoms with E-state index in [4.69, 9.17) is 0 Å².